The van der Waals surface area contributed by atoms with Gasteiger partial charge in [-0.05, 0) is 26.0 Å². The molecule has 100 valence electrons. The van der Waals surface area contributed by atoms with E-state index in [1.165, 1.54) is 0 Å². The van der Waals surface area contributed by atoms with Gasteiger partial charge in [0.2, 0.25) is 0 Å². The lowest BCUT2D eigenvalue weighted by Gasteiger charge is -2.35. The Kier molecular flexibility index (Phi) is 4.86. The zero-order valence-electron chi connectivity index (χ0n) is 11.0. The van der Waals surface area contributed by atoms with Crippen molar-refractivity contribution >= 4 is 17.6 Å². The molecule has 2 N–H and O–H groups in total. The molecule has 0 aliphatic carbocycles. The molecule has 4 nitrogen and oxygen atoms in total. The van der Waals surface area contributed by atoms with Gasteiger partial charge in [0, 0.05) is 36.0 Å². The molecule has 0 aromatic carbocycles. The molecule has 1 aromatic heterocycles. The van der Waals surface area contributed by atoms with Crippen molar-refractivity contribution in [1.82, 2.24) is 9.88 Å². The van der Waals surface area contributed by atoms with Gasteiger partial charge >= 0.3 is 0 Å². The number of nitrogens with two attached hydrogens (primary N) is 1. The van der Waals surface area contributed by atoms with Crippen LogP contribution in [-0.4, -0.2) is 47.5 Å². The number of nitrogens with zero attached hydrogens (tertiary/aromatic N) is 2. The lowest BCUT2D eigenvalue weighted by atomic mass is 10.2. The van der Waals surface area contributed by atoms with Crippen LogP contribution < -0.4 is 5.73 Å². The Morgan fingerprint density at radius 2 is 2.39 bits per heavy atom. The quantitative estimate of drug-likeness (QED) is 0.844. The number of morpholine rings is 1. The van der Waals surface area contributed by atoms with E-state index in [1.807, 2.05) is 18.3 Å². The van der Waals surface area contributed by atoms with Crippen LogP contribution in [0.3, 0.4) is 0 Å². The predicted molar refractivity (Wildman–Crippen MR) is 75.8 cm³/mol. The summed E-state index contributed by atoms with van der Waals surface area (Å²) in [6.07, 6.45) is 2.13. The molecular formula is C13H21N3OS. The van der Waals surface area contributed by atoms with Gasteiger partial charge < -0.3 is 10.5 Å². The Hall–Kier alpha value is -0.780. The predicted octanol–water partition coefficient (Wildman–Crippen LogP) is 1.87. The highest BCUT2D eigenvalue weighted by atomic mass is 32.2. The van der Waals surface area contributed by atoms with Crippen LogP contribution in [0.1, 0.15) is 13.8 Å². The van der Waals surface area contributed by atoms with E-state index in [4.69, 9.17) is 10.5 Å². The van der Waals surface area contributed by atoms with E-state index in [0.717, 1.165) is 30.3 Å². The first kappa shape index (κ1) is 13.6. The fourth-order valence-electron chi connectivity index (χ4n) is 1.98. The van der Waals surface area contributed by atoms with Crippen molar-refractivity contribution in [2.24, 2.45) is 0 Å². The van der Waals surface area contributed by atoms with Crippen molar-refractivity contribution in [3.05, 3.63) is 18.3 Å². The molecular weight excluding hydrogens is 246 g/mol. The summed E-state index contributed by atoms with van der Waals surface area (Å²) in [7, 11) is 0. The number of pyridine rings is 1. The minimum Gasteiger partial charge on any atom is -0.384 e. The van der Waals surface area contributed by atoms with E-state index in [2.05, 4.69) is 23.7 Å². The van der Waals surface area contributed by atoms with Crippen molar-refractivity contribution in [3.63, 3.8) is 0 Å². The van der Waals surface area contributed by atoms with Gasteiger partial charge in [0.1, 0.15) is 5.82 Å². The van der Waals surface area contributed by atoms with Gasteiger partial charge in [0.05, 0.1) is 12.7 Å². The van der Waals surface area contributed by atoms with Crippen molar-refractivity contribution < 1.29 is 4.74 Å². The number of ether oxygens (including phenoxy) is 1. The Morgan fingerprint density at radius 1 is 1.56 bits per heavy atom. The van der Waals surface area contributed by atoms with Crippen LogP contribution in [-0.2, 0) is 4.74 Å². The maximum Gasteiger partial charge on any atom is 0.123 e. The summed E-state index contributed by atoms with van der Waals surface area (Å²) in [4.78, 5) is 7.71. The highest BCUT2D eigenvalue weighted by molar-refractivity contribution is 7.99. The molecule has 1 fully saturated rings. The van der Waals surface area contributed by atoms with Crippen LogP contribution in [0, 0.1) is 0 Å². The van der Waals surface area contributed by atoms with Gasteiger partial charge in [0.25, 0.3) is 0 Å². The van der Waals surface area contributed by atoms with Gasteiger partial charge in [0.15, 0.2) is 0 Å². The van der Waals surface area contributed by atoms with Gasteiger partial charge in [-0.2, -0.15) is 0 Å². The minimum absolute atomic E-state index is 0.309. The molecule has 0 amide bonds. The summed E-state index contributed by atoms with van der Waals surface area (Å²) in [6.45, 7) is 7.37. The maximum absolute atomic E-state index is 5.80. The monoisotopic (exact) mass is 267 g/mol. The molecule has 0 spiro atoms. The summed E-state index contributed by atoms with van der Waals surface area (Å²) >= 11 is 1.78. The zero-order valence-corrected chi connectivity index (χ0v) is 11.8. The molecule has 1 atom stereocenters. The van der Waals surface area contributed by atoms with Crippen LogP contribution in [0.25, 0.3) is 0 Å². The number of nitrogen functional groups attached to an aromatic ring is 1. The molecule has 1 aliphatic rings. The molecule has 1 saturated heterocycles. The van der Waals surface area contributed by atoms with Gasteiger partial charge in [-0.15, -0.1) is 11.8 Å². The number of hydrogen-bond acceptors (Lipinski definition) is 5. The second kappa shape index (κ2) is 6.41. The maximum atomic E-state index is 5.80. The van der Waals surface area contributed by atoms with E-state index in [0.29, 0.717) is 18.0 Å². The smallest absolute Gasteiger partial charge is 0.123 e. The number of hydrogen-bond donors (Lipinski definition) is 1. The van der Waals surface area contributed by atoms with E-state index in [9.17, 15) is 0 Å². The molecule has 5 heteroatoms. The topological polar surface area (TPSA) is 51.4 Å². The standard InChI is InChI=1S/C13H21N3OS/c1-10(2)16-5-6-17-11(8-16)9-18-12-3-4-13(14)15-7-12/h3-4,7,10-11H,5-6,8-9H2,1-2H3,(H2,14,15). The van der Waals surface area contributed by atoms with Gasteiger partial charge in [-0.1, -0.05) is 0 Å². The highest BCUT2D eigenvalue weighted by Gasteiger charge is 2.22. The average molecular weight is 267 g/mol. The van der Waals surface area contributed by atoms with Crippen LogP contribution >= 0.6 is 11.8 Å². The average Bonchev–Trinajstić information content (AvgIpc) is 2.38. The lowest BCUT2D eigenvalue weighted by Crippen LogP contribution is -2.46. The Balaban J connectivity index is 1.81. The Labute approximate surface area is 113 Å². The third kappa shape index (κ3) is 3.86. The zero-order chi connectivity index (χ0) is 13.0. The van der Waals surface area contributed by atoms with E-state index in [1.54, 1.807) is 11.8 Å². The van der Waals surface area contributed by atoms with Crippen LogP contribution in [0.15, 0.2) is 23.2 Å². The van der Waals surface area contributed by atoms with Crippen molar-refractivity contribution in [2.45, 2.75) is 30.9 Å². The molecule has 18 heavy (non-hydrogen) atoms. The molecule has 0 bridgehead atoms. The van der Waals surface area contributed by atoms with Crippen molar-refractivity contribution in [2.75, 3.05) is 31.2 Å². The molecule has 1 aliphatic heterocycles. The summed E-state index contributed by atoms with van der Waals surface area (Å²) in [5.41, 5.74) is 5.57. The number of thioether (sulfide) groups is 1. The number of rotatable bonds is 4. The minimum atomic E-state index is 0.309. The van der Waals surface area contributed by atoms with E-state index >= 15 is 0 Å². The first-order chi connectivity index (χ1) is 8.65. The molecule has 2 heterocycles. The van der Waals surface area contributed by atoms with E-state index in [-0.39, 0.29) is 0 Å². The van der Waals surface area contributed by atoms with Crippen LogP contribution in [0.5, 0.6) is 0 Å². The second-order valence-electron chi connectivity index (χ2n) is 4.81. The SMILES string of the molecule is CC(C)N1CCOC(CSc2ccc(N)nc2)C1. The molecule has 1 aromatic rings. The summed E-state index contributed by atoms with van der Waals surface area (Å²) in [5, 5.41) is 0. The first-order valence-electron chi connectivity index (χ1n) is 6.35. The normalized spacial score (nSPS) is 21.4. The van der Waals surface area contributed by atoms with E-state index < -0.39 is 0 Å². The summed E-state index contributed by atoms with van der Waals surface area (Å²) in [5.74, 6) is 1.54. The third-order valence-corrected chi connectivity index (χ3v) is 4.21. The van der Waals surface area contributed by atoms with Crippen LogP contribution in [0.2, 0.25) is 0 Å². The lowest BCUT2D eigenvalue weighted by molar-refractivity contribution is -0.0265. The molecule has 0 saturated carbocycles. The second-order valence-corrected chi connectivity index (χ2v) is 5.90. The largest absolute Gasteiger partial charge is 0.384 e. The molecule has 0 radical (unpaired) electrons. The van der Waals surface area contributed by atoms with Crippen molar-refractivity contribution in [1.29, 1.82) is 0 Å². The van der Waals surface area contributed by atoms with Crippen molar-refractivity contribution in [3.8, 4) is 0 Å². The summed E-state index contributed by atoms with van der Waals surface area (Å²) < 4.78 is 5.80. The van der Waals surface area contributed by atoms with Gasteiger partial charge in [-0.25, -0.2) is 4.98 Å². The Bertz CT molecular complexity index is 369. The number of anilines is 1. The molecule has 2 rings (SSSR count). The fourth-order valence-corrected chi connectivity index (χ4v) is 2.85. The first-order valence-corrected chi connectivity index (χ1v) is 7.33. The molecule has 1 unspecified atom stereocenters. The fraction of sp³-hybridized carbons (Fsp3) is 0.615. The summed E-state index contributed by atoms with van der Waals surface area (Å²) in [6, 6.07) is 4.44. The third-order valence-electron chi connectivity index (χ3n) is 3.10. The van der Waals surface area contributed by atoms with Gasteiger partial charge in [-0.3, -0.25) is 4.90 Å². The Morgan fingerprint density at radius 3 is 3.06 bits per heavy atom. The van der Waals surface area contributed by atoms with Crippen LogP contribution in [0.4, 0.5) is 5.82 Å². The highest BCUT2D eigenvalue weighted by Crippen LogP contribution is 2.21. The number of aromatic nitrogens is 1.